The van der Waals surface area contributed by atoms with Crippen molar-refractivity contribution in [2.24, 2.45) is 0 Å². The number of aliphatic hydroxyl groups is 1. The highest BCUT2D eigenvalue weighted by molar-refractivity contribution is 5.76. The normalized spacial score (nSPS) is 17.4. The first-order valence-electron chi connectivity index (χ1n) is 7.55. The van der Waals surface area contributed by atoms with E-state index in [1.165, 1.54) is 6.07 Å². The van der Waals surface area contributed by atoms with Crippen molar-refractivity contribution in [1.29, 1.82) is 0 Å². The zero-order chi connectivity index (χ0) is 16.1. The van der Waals surface area contributed by atoms with Gasteiger partial charge in [-0.1, -0.05) is 6.92 Å². The number of hydrogen-bond donors (Lipinski definition) is 2. The number of amides is 1. The van der Waals surface area contributed by atoms with E-state index in [1.54, 1.807) is 13.0 Å². The number of halogens is 1. The summed E-state index contributed by atoms with van der Waals surface area (Å²) in [6, 6.07) is 2.16. The van der Waals surface area contributed by atoms with Crippen molar-refractivity contribution in [1.82, 2.24) is 15.2 Å². The van der Waals surface area contributed by atoms with Crippen molar-refractivity contribution >= 4 is 11.7 Å². The first kappa shape index (κ1) is 16.6. The fourth-order valence-electron chi connectivity index (χ4n) is 2.40. The van der Waals surface area contributed by atoms with Crippen molar-refractivity contribution in [2.45, 2.75) is 19.4 Å². The fourth-order valence-corrected chi connectivity index (χ4v) is 2.40. The Morgan fingerprint density at radius 1 is 1.41 bits per heavy atom. The van der Waals surface area contributed by atoms with Gasteiger partial charge < -0.3 is 20.2 Å². The number of anilines is 1. The second-order valence-electron chi connectivity index (χ2n) is 5.48. The zero-order valence-electron chi connectivity index (χ0n) is 13.0. The van der Waals surface area contributed by atoms with E-state index in [9.17, 15) is 14.3 Å². The molecule has 0 bridgehead atoms. The van der Waals surface area contributed by atoms with Crippen LogP contribution in [0.25, 0.3) is 0 Å². The molecule has 1 aromatic rings. The molecule has 7 heteroatoms. The molecule has 0 radical (unpaired) electrons. The molecule has 0 aliphatic carbocycles. The average Bonchev–Trinajstić information content (AvgIpc) is 2.54. The summed E-state index contributed by atoms with van der Waals surface area (Å²) < 4.78 is 14.0. The predicted octanol–water partition coefficient (Wildman–Crippen LogP) is 0.532. The van der Waals surface area contributed by atoms with E-state index in [0.717, 1.165) is 26.2 Å². The third-order valence-corrected chi connectivity index (χ3v) is 3.85. The van der Waals surface area contributed by atoms with Gasteiger partial charge in [-0.3, -0.25) is 4.79 Å². The minimum atomic E-state index is -0.820. The number of piperazine rings is 1. The quantitative estimate of drug-likeness (QED) is 0.830. The van der Waals surface area contributed by atoms with Gasteiger partial charge in [0.2, 0.25) is 5.91 Å². The van der Waals surface area contributed by atoms with Gasteiger partial charge in [-0.15, -0.1) is 0 Å². The SMILES string of the molecule is CCC(=O)N[C@H](CO)c1nc(N2CCN(C)CC2)ccc1F. The molecule has 2 N–H and O–H groups in total. The molecule has 0 unspecified atom stereocenters. The highest BCUT2D eigenvalue weighted by Gasteiger charge is 2.22. The smallest absolute Gasteiger partial charge is 0.220 e. The number of carbonyl (C=O) groups is 1. The molecule has 0 saturated carbocycles. The van der Waals surface area contributed by atoms with Crippen LogP contribution < -0.4 is 10.2 Å². The number of rotatable bonds is 5. The lowest BCUT2D eigenvalue weighted by molar-refractivity contribution is -0.121. The molecule has 0 spiro atoms. The molecule has 2 rings (SSSR count). The number of pyridine rings is 1. The number of hydrogen-bond acceptors (Lipinski definition) is 5. The van der Waals surface area contributed by atoms with Gasteiger partial charge in [-0.2, -0.15) is 0 Å². The molecule has 6 nitrogen and oxygen atoms in total. The van der Waals surface area contributed by atoms with E-state index in [0.29, 0.717) is 5.82 Å². The summed E-state index contributed by atoms with van der Waals surface area (Å²) in [5, 5.41) is 12.0. The van der Waals surface area contributed by atoms with Gasteiger partial charge in [-0.05, 0) is 19.2 Å². The van der Waals surface area contributed by atoms with Gasteiger partial charge in [0.25, 0.3) is 0 Å². The molecule has 22 heavy (non-hydrogen) atoms. The molecule has 0 aromatic carbocycles. The molecule has 1 amide bonds. The second kappa shape index (κ2) is 7.51. The van der Waals surface area contributed by atoms with Crippen molar-refractivity contribution in [3.8, 4) is 0 Å². The predicted molar refractivity (Wildman–Crippen MR) is 82.2 cm³/mol. The maximum absolute atomic E-state index is 14.0. The number of nitrogens with one attached hydrogen (secondary N) is 1. The molecule has 1 aliphatic heterocycles. The van der Waals surface area contributed by atoms with Crippen LogP contribution in [0.3, 0.4) is 0 Å². The largest absolute Gasteiger partial charge is 0.394 e. The Hall–Kier alpha value is -1.73. The molecule has 2 heterocycles. The van der Waals surface area contributed by atoms with Crippen molar-refractivity contribution in [2.75, 3.05) is 44.7 Å². The molecular weight excluding hydrogens is 287 g/mol. The number of aliphatic hydroxyl groups excluding tert-OH is 1. The van der Waals surface area contributed by atoms with Crippen LogP contribution in [0.1, 0.15) is 25.1 Å². The third kappa shape index (κ3) is 3.92. The molecular formula is C15H23FN4O2. The lowest BCUT2D eigenvalue weighted by Gasteiger charge is -2.33. The van der Waals surface area contributed by atoms with Crippen molar-refractivity contribution < 1.29 is 14.3 Å². The minimum absolute atomic E-state index is 0.0840. The van der Waals surface area contributed by atoms with Crippen LogP contribution in [-0.2, 0) is 4.79 Å². The molecule has 1 aliphatic rings. The van der Waals surface area contributed by atoms with E-state index in [-0.39, 0.29) is 24.6 Å². The molecule has 1 aromatic heterocycles. The van der Waals surface area contributed by atoms with Crippen LogP contribution >= 0.6 is 0 Å². The lowest BCUT2D eigenvalue weighted by Crippen LogP contribution is -2.45. The van der Waals surface area contributed by atoms with Gasteiger partial charge >= 0.3 is 0 Å². The molecule has 1 saturated heterocycles. The molecule has 1 atom stereocenters. The van der Waals surface area contributed by atoms with E-state index in [1.807, 2.05) is 0 Å². The average molecular weight is 310 g/mol. The van der Waals surface area contributed by atoms with E-state index >= 15 is 0 Å². The summed E-state index contributed by atoms with van der Waals surface area (Å²) >= 11 is 0. The summed E-state index contributed by atoms with van der Waals surface area (Å²) in [4.78, 5) is 20.1. The van der Waals surface area contributed by atoms with Gasteiger partial charge in [0.05, 0.1) is 12.6 Å². The highest BCUT2D eigenvalue weighted by Crippen LogP contribution is 2.20. The lowest BCUT2D eigenvalue weighted by atomic mass is 10.1. The standard InChI is InChI=1S/C15H23FN4O2/c1-3-14(22)17-12(10-21)15-11(16)4-5-13(18-15)20-8-6-19(2)7-9-20/h4-5,12,21H,3,6-10H2,1-2H3,(H,17,22)/t12-/m1/s1. The Morgan fingerprint density at radius 3 is 2.68 bits per heavy atom. The topological polar surface area (TPSA) is 68.7 Å². The molecule has 122 valence electrons. The Kier molecular flexibility index (Phi) is 5.68. The van der Waals surface area contributed by atoms with Crippen LogP contribution in [0.4, 0.5) is 10.2 Å². The van der Waals surface area contributed by atoms with Crippen molar-refractivity contribution in [3.05, 3.63) is 23.6 Å². The van der Waals surface area contributed by atoms with Crippen LogP contribution in [0, 0.1) is 5.82 Å². The van der Waals surface area contributed by atoms with Crippen LogP contribution in [0.15, 0.2) is 12.1 Å². The Labute approximate surface area is 129 Å². The van der Waals surface area contributed by atoms with E-state index in [2.05, 4.69) is 27.1 Å². The number of carbonyl (C=O) groups excluding carboxylic acids is 1. The Balaban J connectivity index is 2.20. The van der Waals surface area contributed by atoms with E-state index in [4.69, 9.17) is 0 Å². The highest BCUT2D eigenvalue weighted by atomic mass is 19.1. The number of aromatic nitrogens is 1. The summed E-state index contributed by atoms with van der Waals surface area (Å²) in [5.41, 5.74) is 0.0840. The van der Waals surface area contributed by atoms with Gasteiger partial charge in [0.15, 0.2) is 0 Å². The first-order valence-corrected chi connectivity index (χ1v) is 7.55. The van der Waals surface area contributed by atoms with Gasteiger partial charge in [0.1, 0.15) is 17.3 Å². The first-order chi connectivity index (χ1) is 10.5. The maximum atomic E-state index is 14.0. The molecule has 1 fully saturated rings. The van der Waals surface area contributed by atoms with Gasteiger partial charge in [0, 0.05) is 32.6 Å². The Morgan fingerprint density at radius 2 is 2.09 bits per heavy atom. The van der Waals surface area contributed by atoms with Crippen LogP contribution in [-0.4, -0.2) is 60.7 Å². The fraction of sp³-hybridized carbons (Fsp3) is 0.600. The van der Waals surface area contributed by atoms with E-state index < -0.39 is 11.9 Å². The third-order valence-electron chi connectivity index (χ3n) is 3.85. The van der Waals surface area contributed by atoms with Crippen LogP contribution in [0.5, 0.6) is 0 Å². The van der Waals surface area contributed by atoms with Crippen LogP contribution in [0.2, 0.25) is 0 Å². The maximum Gasteiger partial charge on any atom is 0.220 e. The minimum Gasteiger partial charge on any atom is -0.394 e. The summed E-state index contributed by atoms with van der Waals surface area (Å²) in [5.74, 6) is -0.0905. The number of likely N-dealkylation sites (N-methyl/N-ethyl adjacent to an activating group) is 1. The number of nitrogens with zero attached hydrogens (tertiary/aromatic N) is 3. The summed E-state index contributed by atoms with van der Waals surface area (Å²) in [6.07, 6.45) is 0.274. The zero-order valence-corrected chi connectivity index (χ0v) is 13.0. The Bertz CT molecular complexity index is 518. The monoisotopic (exact) mass is 310 g/mol. The second-order valence-corrected chi connectivity index (χ2v) is 5.48. The summed E-state index contributed by atoms with van der Waals surface area (Å²) in [7, 11) is 2.06. The van der Waals surface area contributed by atoms with Gasteiger partial charge in [-0.25, -0.2) is 9.37 Å². The summed E-state index contributed by atoms with van der Waals surface area (Å²) in [6.45, 7) is 4.80. The van der Waals surface area contributed by atoms with Crippen molar-refractivity contribution in [3.63, 3.8) is 0 Å².